The van der Waals surface area contributed by atoms with Gasteiger partial charge in [0.05, 0.1) is 5.56 Å². The van der Waals surface area contributed by atoms with E-state index in [1.54, 1.807) is 0 Å². The Kier molecular flexibility index (Phi) is 3.32. The SMILES string of the molecule is O=c1[nH]cc(-c2c(F)c(F)c(F)c(F)c2F)cc1Cl. The number of aromatic amines is 1. The number of aromatic nitrogens is 1. The Labute approximate surface area is 107 Å². The van der Waals surface area contributed by atoms with Gasteiger partial charge in [0.2, 0.25) is 5.82 Å². The van der Waals surface area contributed by atoms with E-state index in [0.717, 1.165) is 12.3 Å². The van der Waals surface area contributed by atoms with Crippen LogP contribution in [-0.2, 0) is 0 Å². The van der Waals surface area contributed by atoms with Gasteiger partial charge in [-0.3, -0.25) is 4.79 Å². The number of hydrogen-bond donors (Lipinski definition) is 1. The van der Waals surface area contributed by atoms with Gasteiger partial charge in [-0.15, -0.1) is 0 Å². The largest absolute Gasteiger partial charge is 0.327 e. The minimum atomic E-state index is -2.26. The molecule has 0 saturated carbocycles. The molecule has 1 aromatic carbocycles. The normalized spacial score (nSPS) is 10.8. The van der Waals surface area contributed by atoms with Crippen molar-refractivity contribution < 1.29 is 22.0 Å². The molecule has 2 nitrogen and oxygen atoms in total. The van der Waals surface area contributed by atoms with E-state index in [1.165, 1.54) is 0 Å². The number of nitrogens with one attached hydrogen (secondary N) is 1. The molecule has 0 aliphatic rings. The molecule has 0 aliphatic carbocycles. The van der Waals surface area contributed by atoms with Crippen LogP contribution in [-0.4, -0.2) is 4.98 Å². The van der Waals surface area contributed by atoms with Crippen LogP contribution in [0.1, 0.15) is 0 Å². The first-order chi connectivity index (χ1) is 8.84. The average molecular weight is 296 g/mol. The van der Waals surface area contributed by atoms with Gasteiger partial charge in [-0.25, -0.2) is 22.0 Å². The fourth-order valence-corrected chi connectivity index (χ4v) is 1.63. The Bertz CT molecular complexity index is 699. The lowest BCUT2D eigenvalue weighted by Gasteiger charge is -2.08. The van der Waals surface area contributed by atoms with Crippen molar-refractivity contribution >= 4 is 11.6 Å². The highest BCUT2D eigenvalue weighted by Crippen LogP contribution is 2.31. The van der Waals surface area contributed by atoms with E-state index in [1.807, 2.05) is 4.98 Å². The average Bonchev–Trinajstić information content (AvgIpc) is 2.38. The first kappa shape index (κ1) is 13.5. The highest BCUT2D eigenvalue weighted by Gasteiger charge is 2.26. The number of pyridine rings is 1. The Morgan fingerprint density at radius 3 is 1.84 bits per heavy atom. The lowest BCUT2D eigenvalue weighted by Crippen LogP contribution is -2.08. The Morgan fingerprint density at radius 2 is 1.37 bits per heavy atom. The van der Waals surface area contributed by atoms with E-state index in [9.17, 15) is 26.7 Å². The zero-order chi connectivity index (χ0) is 14.3. The first-order valence-corrected chi connectivity index (χ1v) is 5.12. The van der Waals surface area contributed by atoms with Crippen LogP contribution in [0.4, 0.5) is 22.0 Å². The molecule has 0 amide bonds. The van der Waals surface area contributed by atoms with Gasteiger partial charge in [0.25, 0.3) is 5.56 Å². The monoisotopic (exact) mass is 295 g/mol. The van der Waals surface area contributed by atoms with Gasteiger partial charge in [-0.1, -0.05) is 11.6 Å². The highest BCUT2D eigenvalue weighted by molar-refractivity contribution is 6.30. The predicted molar refractivity (Wildman–Crippen MR) is 57.3 cm³/mol. The molecule has 0 radical (unpaired) electrons. The van der Waals surface area contributed by atoms with Crippen molar-refractivity contribution in [1.29, 1.82) is 0 Å². The molecule has 0 saturated heterocycles. The Morgan fingerprint density at radius 1 is 0.895 bits per heavy atom. The van der Waals surface area contributed by atoms with E-state index in [0.29, 0.717) is 0 Å². The minimum Gasteiger partial charge on any atom is -0.327 e. The van der Waals surface area contributed by atoms with E-state index in [-0.39, 0.29) is 0 Å². The first-order valence-electron chi connectivity index (χ1n) is 4.74. The topological polar surface area (TPSA) is 32.9 Å². The van der Waals surface area contributed by atoms with E-state index in [4.69, 9.17) is 11.6 Å². The van der Waals surface area contributed by atoms with Gasteiger partial charge in [-0.2, -0.15) is 0 Å². The smallest absolute Gasteiger partial charge is 0.266 e. The Balaban J connectivity index is 2.82. The van der Waals surface area contributed by atoms with Gasteiger partial charge in [0.15, 0.2) is 23.3 Å². The molecule has 2 aromatic rings. The second-order valence-electron chi connectivity index (χ2n) is 3.51. The third-order valence-corrected chi connectivity index (χ3v) is 2.64. The number of hydrogen-bond acceptors (Lipinski definition) is 1. The molecule has 1 N–H and O–H groups in total. The second-order valence-corrected chi connectivity index (χ2v) is 3.92. The van der Waals surface area contributed by atoms with Crippen LogP contribution < -0.4 is 5.56 Å². The third-order valence-electron chi connectivity index (χ3n) is 2.36. The second kappa shape index (κ2) is 4.65. The summed E-state index contributed by atoms with van der Waals surface area (Å²) in [4.78, 5) is 13.0. The summed E-state index contributed by atoms with van der Waals surface area (Å²) in [6.07, 6.45) is 0.798. The van der Waals surface area contributed by atoms with Gasteiger partial charge < -0.3 is 4.98 Å². The number of rotatable bonds is 1. The van der Waals surface area contributed by atoms with Crippen LogP contribution in [0.2, 0.25) is 5.02 Å². The van der Waals surface area contributed by atoms with Crippen LogP contribution >= 0.6 is 11.6 Å². The van der Waals surface area contributed by atoms with Crippen molar-refractivity contribution in [2.75, 3.05) is 0 Å². The van der Waals surface area contributed by atoms with Crippen molar-refractivity contribution in [1.82, 2.24) is 4.98 Å². The van der Waals surface area contributed by atoms with Gasteiger partial charge in [0.1, 0.15) is 5.02 Å². The molecule has 1 heterocycles. The number of halogens is 6. The molecule has 0 fully saturated rings. The quantitative estimate of drug-likeness (QED) is 0.488. The lowest BCUT2D eigenvalue weighted by atomic mass is 10.1. The van der Waals surface area contributed by atoms with Crippen molar-refractivity contribution in [3.05, 3.63) is 56.7 Å². The summed E-state index contributed by atoms with van der Waals surface area (Å²) in [5.74, 6) is -10.4. The molecule has 2 rings (SSSR count). The summed E-state index contributed by atoms with van der Waals surface area (Å²) in [5.41, 5.74) is -2.35. The summed E-state index contributed by atoms with van der Waals surface area (Å²) >= 11 is 5.43. The molecule has 100 valence electrons. The van der Waals surface area contributed by atoms with Gasteiger partial charge in [0, 0.05) is 11.8 Å². The van der Waals surface area contributed by atoms with Crippen LogP contribution in [0.25, 0.3) is 11.1 Å². The molecule has 8 heteroatoms. The van der Waals surface area contributed by atoms with Crippen LogP contribution in [0.3, 0.4) is 0 Å². The summed E-state index contributed by atoms with van der Waals surface area (Å²) in [5, 5.41) is -0.443. The zero-order valence-corrected chi connectivity index (χ0v) is 9.59. The molecule has 0 spiro atoms. The van der Waals surface area contributed by atoms with Gasteiger partial charge in [-0.05, 0) is 6.07 Å². The van der Waals surface area contributed by atoms with Crippen molar-refractivity contribution in [3.8, 4) is 11.1 Å². The molecule has 0 unspecified atom stereocenters. The van der Waals surface area contributed by atoms with Crippen molar-refractivity contribution in [2.24, 2.45) is 0 Å². The minimum absolute atomic E-state index is 0.433. The molecular weight excluding hydrogens is 293 g/mol. The number of H-pyrrole nitrogens is 1. The maximum absolute atomic E-state index is 13.5. The number of benzene rings is 1. The molecule has 0 atom stereocenters. The fourth-order valence-electron chi connectivity index (χ4n) is 1.46. The predicted octanol–water partition coefficient (Wildman–Crippen LogP) is 3.39. The summed E-state index contributed by atoms with van der Waals surface area (Å²) in [6, 6.07) is 0.804. The highest BCUT2D eigenvalue weighted by atomic mass is 35.5. The molecule has 19 heavy (non-hydrogen) atoms. The van der Waals surface area contributed by atoms with Crippen LogP contribution in [0.5, 0.6) is 0 Å². The summed E-state index contributed by atoms with van der Waals surface area (Å²) in [7, 11) is 0. The fraction of sp³-hybridized carbons (Fsp3) is 0. The maximum atomic E-state index is 13.5. The zero-order valence-electron chi connectivity index (χ0n) is 8.83. The van der Waals surface area contributed by atoms with E-state index < -0.39 is 50.8 Å². The van der Waals surface area contributed by atoms with Crippen LogP contribution in [0.15, 0.2) is 17.1 Å². The van der Waals surface area contributed by atoms with Crippen LogP contribution in [0, 0.1) is 29.1 Å². The van der Waals surface area contributed by atoms with Gasteiger partial charge >= 0.3 is 0 Å². The van der Waals surface area contributed by atoms with E-state index >= 15 is 0 Å². The lowest BCUT2D eigenvalue weighted by molar-refractivity contribution is 0.381. The summed E-state index contributed by atoms with van der Waals surface area (Å²) < 4.78 is 65.8. The third kappa shape index (κ3) is 2.10. The van der Waals surface area contributed by atoms with E-state index in [2.05, 4.69) is 0 Å². The van der Waals surface area contributed by atoms with Crippen molar-refractivity contribution in [2.45, 2.75) is 0 Å². The standard InChI is InChI=1S/C11H3ClF5NO/c12-4-1-3(2-18-11(4)19)5-6(13)8(15)10(17)9(16)7(5)14/h1-2H,(H,18,19). The molecule has 1 aromatic heterocycles. The van der Waals surface area contributed by atoms with Crippen molar-refractivity contribution in [3.63, 3.8) is 0 Å². The Hall–Kier alpha value is -1.89. The molecular formula is C11H3ClF5NO. The maximum Gasteiger partial charge on any atom is 0.266 e. The molecule has 0 bridgehead atoms. The molecule has 0 aliphatic heterocycles. The summed E-state index contributed by atoms with van der Waals surface area (Å²) in [6.45, 7) is 0.